The van der Waals surface area contributed by atoms with E-state index in [1.807, 2.05) is 20.8 Å². The van der Waals surface area contributed by atoms with Gasteiger partial charge in [-0.2, -0.15) is 11.8 Å². The molecule has 2 unspecified atom stereocenters. The number of rotatable bonds is 9. The van der Waals surface area contributed by atoms with Crippen LogP contribution >= 0.6 is 11.8 Å². The highest BCUT2D eigenvalue weighted by molar-refractivity contribution is 7.99. The van der Waals surface area contributed by atoms with E-state index < -0.39 is 0 Å². The van der Waals surface area contributed by atoms with Crippen LogP contribution in [0, 0.1) is 5.92 Å². The van der Waals surface area contributed by atoms with Gasteiger partial charge in [0.05, 0.1) is 6.61 Å². The molecule has 0 rings (SSSR count). The minimum Gasteiger partial charge on any atom is -0.465 e. The second-order valence-electron chi connectivity index (χ2n) is 3.69. The topological polar surface area (TPSA) is 58.6 Å². The molecule has 0 saturated carbocycles. The molecule has 2 N–H and O–H groups in total. The summed E-state index contributed by atoms with van der Waals surface area (Å²) < 4.78 is 4.98. The summed E-state index contributed by atoms with van der Waals surface area (Å²) in [5.41, 5.74) is 0. The Morgan fingerprint density at radius 2 is 2.12 bits per heavy atom. The molecule has 4 nitrogen and oxygen atoms in total. The monoisotopic (exact) mass is 249 g/mol. The molecule has 0 aromatic rings. The predicted octanol–water partition coefficient (Wildman–Crippen LogP) is 0.889. The number of esters is 1. The lowest BCUT2D eigenvalue weighted by Crippen LogP contribution is -2.40. The third-order valence-corrected chi connectivity index (χ3v) is 3.39. The summed E-state index contributed by atoms with van der Waals surface area (Å²) in [6.45, 7) is 7.12. The average molecular weight is 249 g/mol. The van der Waals surface area contributed by atoms with Crippen molar-refractivity contribution in [3.05, 3.63) is 0 Å². The summed E-state index contributed by atoms with van der Waals surface area (Å²) in [5.74, 6) is 1.64. The highest BCUT2D eigenvalue weighted by atomic mass is 32.2. The first-order valence-corrected chi connectivity index (χ1v) is 6.89. The highest BCUT2D eigenvalue weighted by Crippen LogP contribution is 2.10. The number of aliphatic hydroxyl groups excluding tert-OH is 1. The van der Waals surface area contributed by atoms with E-state index in [0.29, 0.717) is 12.4 Å². The van der Waals surface area contributed by atoms with Crippen LogP contribution in [0.25, 0.3) is 0 Å². The van der Waals surface area contributed by atoms with Crippen LogP contribution in [0.2, 0.25) is 0 Å². The van der Waals surface area contributed by atoms with Crippen LogP contribution in [-0.4, -0.2) is 48.4 Å². The standard InChI is InChI=1S/C11H23NO3S/c1-4-12-10(11(14)15-5-2)8-16-7-9(3)6-13/h9-10,12-13H,4-8H2,1-3H3. The van der Waals surface area contributed by atoms with Gasteiger partial charge in [0.1, 0.15) is 6.04 Å². The van der Waals surface area contributed by atoms with Crippen molar-refractivity contribution in [2.24, 2.45) is 5.92 Å². The predicted molar refractivity (Wildman–Crippen MR) is 67.7 cm³/mol. The van der Waals surface area contributed by atoms with Crippen molar-refractivity contribution in [1.29, 1.82) is 0 Å². The second kappa shape index (κ2) is 9.93. The Morgan fingerprint density at radius 3 is 2.62 bits per heavy atom. The molecule has 16 heavy (non-hydrogen) atoms. The van der Waals surface area contributed by atoms with Crippen molar-refractivity contribution >= 4 is 17.7 Å². The Balaban J connectivity index is 3.88. The zero-order valence-electron chi connectivity index (χ0n) is 10.4. The van der Waals surface area contributed by atoms with Crippen LogP contribution < -0.4 is 5.32 Å². The Bertz CT molecular complexity index is 190. The fourth-order valence-electron chi connectivity index (χ4n) is 1.14. The van der Waals surface area contributed by atoms with Gasteiger partial charge < -0.3 is 15.2 Å². The minimum atomic E-state index is -0.235. The largest absolute Gasteiger partial charge is 0.465 e. The zero-order chi connectivity index (χ0) is 12.4. The number of likely N-dealkylation sites (N-methyl/N-ethyl adjacent to an activating group) is 1. The fraction of sp³-hybridized carbons (Fsp3) is 0.909. The van der Waals surface area contributed by atoms with Crippen LogP contribution in [0.5, 0.6) is 0 Å². The quantitative estimate of drug-likeness (QED) is 0.594. The highest BCUT2D eigenvalue weighted by Gasteiger charge is 2.18. The molecule has 0 saturated heterocycles. The third kappa shape index (κ3) is 7.09. The molecule has 0 aliphatic rings. The van der Waals surface area contributed by atoms with E-state index >= 15 is 0 Å². The number of nitrogens with one attached hydrogen (secondary N) is 1. The van der Waals surface area contributed by atoms with Crippen LogP contribution in [0.3, 0.4) is 0 Å². The molecule has 0 fully saturated rings. The number of hydrogen-bond acceptors (Lipinski definition) is 5. The Kier molecular flexibility index (Phi) is 9.77. The lowest BCUT2D eigenvalue weighted by Gasteiger charge is -2.16. The lowest BCUT2D eigenvalue weighted by molar-refractivity contribution is -0.144. The van der Waals surface area contributed by atoms with Gasteiger partial charge in [0.25, 0.3) is 0 Å². The summed E-state index contributed by atoms with van der Waals surface area (Å²) in [4.78, 5) is 11.5. The maximum absolute atomic E-state index is 11.5. The zero-order valence-corrected chi connectivity index (χ0v) is 11.2. The van der Waals surface area contributed by atoms with Crippen molar-refractivity contribution in [2.45, 2.75) is 26.8 Å². The minimum absolute atomic E-state index is 0.187. The van der Waals surface area contributed by atoms with Gasteiger partial charge in [-0.3, -0.25) is 4.79 Å². The molecule has 96 valence electrons. The molecule has 0 aliphatic carbocycles. The number of carbonyl (C=O) groups is 1. The van der Waals surface area contributed by atoms with Gasteiger partial charge in [-0.05, 0) is 25.1 Å². The molecule has 2 atom stereocenters. The number of aliphatic hydroxyl groups is 1. The SMILES string of the molecule is CCNC(CSCC(C)CO)C(=O)OCC. The summed E-state index contributed by atoms with van der Waals surface area (Å²) in [6, 6.07) is -0.235. The first-order chi connectivity index (χ1) is 7.65. The third-order valence-electron chi connectivity index (χ3n) is 2.02. The molecule has 0 aliphatic heterocycles. The molecular weight excluding hydrogens is 226 g/mol. The second-order valence-corrected chi connectivity index (χ2v) is 4.76. The summed E-state index contributed by atoms with van der Waals surface area (Å²) in [5, 5.41) is 12.0. The molecule has 0 bridgehead atoms. The first kappa shape index (κ1) is 15.7. The van der Waals surface area contributed by atoms with Crippen LogP contribution in [0.1, 0.15) is 20.8 Å². The fourth-order valence-corrected chi connectivity index (χ4v) is 2.27. The molecule has 0 heterocycles. The van der Waals surface area contributed by atoms with Crippen molar-refractivity contribution in [3.63, 3.8) is 0 Å². The number of ether oxygens (including phenoxy) is 1. The van der Waals surface area contributed by atoms with E-state index in [1.54, 1.807) is 11.8 Å². The normalized spacial score (nSPS) is 14.5. The number of carbonyl (C=O) groups excluding carboxylic acids is 1. The number of thioether (sulfide) groups is 1. The Hall–Kier alpha value is -0.260. The summed E-state index contributed by atoms with van der Waals surface area (Å²) >= 11 is 1.66. The van der Waals surface area contributed by atoms with Crippen LogP contribution in [0.4, 0.5) is 0 Å². The van der Waals surface area contributed by atoms with Crippen LogP contribution in [0.15, 0.2) is 0 Å². The van der Waals surface area contributed by atoms with Gasteiger partial charge in [0.15, 0.2) is 0 Å². The Labute approximate surface area is 102 Å². The van der Waals surface area contributed by atoms with Crippen molar-refractivity contribution in [2.75, 3.05) is 31.3 Å². The van der Waals surface area contributed by atoms with Crippen LogP contribution in [-0.2, 0) is 9.53 Å². The summed E-state index contributed by atoms with van der Waals surface area (Å²) in [7, 11) is 0. The lowest BCUT2D eigenvalue weighted by atomic mass is 10.2. The Morgan fingerprint density at radius 1 is 1.44 bits per heavy atom. The molecule has 0 aromatic heterocycles. The van der Waals surface area contributed by atoms with Gasteiger partial charge in [0.2, 0.25) is 0 Å². The van der Waals surface area contributed by atoms with E-state index in [2.05, 4.69) is 5.32 Å². The molecule has 0 amide bonds. The summed E-state index contributed by atoms with van der Waals surface area (Å²) in [6.07, 6.45) is 0. The first-order valence-electron chi connectivity index (χ1n) is 5.74. The van der Waals surface area contributed by atoms with Gasteiger partial charge in [-0.25, -0.2) is 0 Å². The molecule has 0 aromatic carbocycles. The van der Waals surface area contributed by atoms with Gasteiger partial charge >= 0.3 is 5.97 Å². The van der Waals surface area contributed by atoms with Gasteiger partial charge in [0, 0.05) is 12.4 Å². The molecule has 5 heteroatoms. The van der Waals surface area contributed by atoms with Crippen molar-refractivity contribution in [3.8, 4) is 0 Å². The maximum Gasteiger partial charge on any atom is 0.323 e. The van der Waals surface area contributed by atoms with E-state index in [1.165, 1.54) is 0 Å². The number of hydrogen-bond donors (Lipinski definition) is 2. The smallest absolute Gasteiger partial charge is 0.323 e. The van der Waals surface area contributed by atoms with E-state index in [9.17, 15) is 4.79 Å². The average Bonchev–Trinajstić information content (AvgIpc) is 2.28. The van der Waals surface area contributed by atoms with E-state index in [0.717, 1.165) is 12.3 Å². The molecule has 0 spiro atoms. The molecular formula is C11H23NO3S. The van der Waals surface area contributed by atoms with E-state index in [4.69, 9.17) is 9.84 Å². The van der Waals surface area contributed by atoms with E-state index in [-0.39, 0.29) is 24.5 Å². The molecule has 0 radical (unpaired) electrons. The van der Waals surface area contributed by atoms with Crippen molar-refractivity contribution < 1.29 is 14.6 Å². The maximum atomic E-state index is 11.5. The van der Waals surface area contributed by atoms with Crippen molar-refractivity contribution in [1.82, 2.24) is 5.32 Å². The van der Waals surface area contributed by atoms with Gasteiger partial charge in [-0.15, -0.1) is 0 Å². The van der Waals surface area contributed by atoms with Gasteiger partial charge in [-0.1, -0.05) is 13.8 Å².